The van der Waals surface area contributed by atoms with E-state index >= 15 is 0 Å². The minimum atomic E-state index is -1.24. The van der Waals surface area contributed by atoms with Crippen LogP contribution in [-0.4, -0.2) is 83.3 Å². The number of carboxylic acid groups (broad SMARTS) is 1. The Labute approximate surface area is 221 Å². The summed E-state index contributed by atoms with van der Waals surface area (Å²) in [5, 5.41) is 15.2. The number of para-hydroxylation sites is 1. The van der Waals surface area contributed by atoms with E-state index in [2.05, 4.69) is 10.6 Å². The number of carbonyl (C=O) groups excluding carboxylic acids is 3. The fourth-order valence-electron chi connectivity index (χ4n) is 6.52. The topological polar surface area (TPSA) is 138 Å². The fourth-order valence-corrected chi connectivity index (χ4v) is 6.52. The first kappa shape index (κ1) is 26.3. The monoisotopic (exact) mass is 528 g/mol. The molecule has 3 aliphatic heterocycles. The number of hydrogen-bond donors (Lipinski definition) is 3. The molecule has 0 aromatic heterocycles. The van der Waals surface area contributed by atoms with Gasteiger partial charge in [-0.05, 0) is 25.8 Å². The van der Waals surface area contributed by atoms with Crippen LogP contribution in [0.3, 0.4) is 0 Å². The van der Waals surface area contributed by atoms with Crippen molar-refractivity contribution < 1.29 is 33.8 Å². The molecule has 2 saturated heterocycles. The van der Waals surface area contributed by atoms with Crippen LogP contribution in [0.4, 0.5) is 4.79 Å². The molecule has 1 aliphatic carbocycles. The number of fused-ring (bicyclic) bond motifs is 2. The van der Waals surface area contributed by atoms with Gasteiger partial charge in [0.15, 0.2) is 0 Å². The predicted octanol–water partition coefficient (Wildman–Crippen LogP) is 2.02. The van der Waals surface area contributed by atoms with Crippen LogP contribution in [0.25, 0.3) is 0 Å². The van der Waals surface area contributed by atoms with Gasteiger partial charge in [-0.25, -0.2) is 4.79 Å². The van der Waals surface area contributed by atoms with Crippen LogP contribution in [0.5, 0.6) is 5.75 Å². The minimum absolute atomic E-state index is 0.209. The van der Waals surface area contributed by atoms with E-state index in [1.807, 2.05) is 24.3 Å². The van der Waals surface area contributed by atoms with Gasteiger partial charge in [0, 0.05) is 37.3 Å². The molecule has 0 bridgehead atoms. The average Bonchev–Trinajstić information content (AvgIpc) is 3.47. The van der Waals surface area contributed by atoms with Crippen LogP contribution in [0, 0.1) is 5.41 Å². The highest BCUT2D eigenvalue weighted by Gasteiger charge is 2.59. The van der Waals surface area contributed by atoms with Gasteiger partial charge in [-0.2, -0.15) is 0 Å². The zero-order valence-electron chi connectivity index (χ0n) is 21.9. The van der Waals surface area contributed by atoms with Gasteiger partial charge >= 0.3 is 6.09 Å². The van der Waals surface area contributed by atoms with Gasteiger partial charge in [-0.1, -0.05) is 31.0 Å². The van der Waals surface area contributed by atoms with Crippen molar-refractivity contribution in [1.82, 2.24) is 20.4 Å². The highest BCUT2D eigenvalue weighted by Crippen LogP contribution is 2.53. The van der Waals surface area contributed by atoms with Crippen molar-refractivity contribution in [2.24, 2.45) is 5.41 Å². The first-order valence-electron chi connectivity index (χ1n) is 13.4. The molecule has 2 unspecified atom stereocenters. The molecule has 0 radical (unpaired) electrons. The van der Waals surface area contributed by atoms with Crippen LogP contribution in [-0.2, 0) is 19.1 Å². The maximum Gasteiger partial charge on any atom is 0.407 e. The Morgan fingerprint density at radius 3 is 2.55 bits per heavy atom. The first-order chi connectivity index (χ1) is 18.2. The number of amides is 4. The van der Waals surface area contributed by atoms with Crippen LogP contribution in [0.15, 0.2) is 24.3 Å². The number of hydrogen-bond acceptors (Lipinski definition) is 6. The molecular formula is C27H36N4O7. The van der Waals surface area contributed by atoms with Crippen molar-refractivity contribution in [1.29, 1.82) is 0 Å². The molecule has 1 spiro atoms. The maximum absolute atomic E-state index is 14.0. The van der Waals surface area contributed by atoms with Gasteiger partial charge in [0.2, 0.25) is 17.7 Å². The summed E-state index contributed by atoms with van der Waals surface area (Å²) in [6, 6.07) is 4.82. The number of likely N-dealkylation sites (N-methyl/N-ethyl adjacent to an activating group) is 1. The molecule has 5 rings (SSSR count). The molecule has 4 amide bonds. The van der Waals surface area contributed by atoms with Gasteiger partial charge in [0.1, 0.15) is 30.1 Å². The van der Waals surface area contributed by atoms with E-state index in [-0.39, 0.29) is 36.3 Å². The van der Waals surface area contributed by atoms with Gasteiger partial charge in [0.25, 0.3) is 0 Å². The molecule has 1 aromatic carbocycles. The zero-order chi connectivity index (χ0) is 27.0. The van der Waals surface area contributed by atoms with E-state index in [9.17, 15) is 24.3 Å². The van der Waals surface area contributed by atoms with Gasteiger partial charge in [0.05, 0.1) is 19.3 Å². The molecule has 3 heterocycles. The van der Waals surface area contributed by atoms with E-state index in [1.54, 1.807) is 4.90 Å². The van der Waals surface area contributed by atoms with Crippen LogP contribution >= 0.6 is 0 Å². The molecule has 38 heavy (non-hydrogen) atoms. The standard InChI is InChI=1S/C27H36N4O7/c1-16(30(2)26(35)36)23(32)29-19-10-14-38-21-15-27(11-5-6-12-27)22(31(21)25(19)34)24(33)28-18-9-13-37-20-8-4-3-7-17(18)20/h3-4,7-8,16,18-19,21-22H,5-6,9-15H2,1-2H3,(H,28,33)(H,29,32)(H,35,36)/t16?,18?,19-,21-,22+/m0/s1. The van der Waals surface area contributed by atoms with Crippen molar-refractivity contribution in [3.63, 3.8) is 0 Å². The van der Waals surface area contributed by atoms with Crippen molar-refractivity contribution in [3.8, 4) is 5.75 Å². The molecule has 3 N–H and O–H groups in total. The van der Waals surface area contributed by atoms with Gasteiger partial charge in [-0.15, -0.1) is 0 Å². The summed E-state index contributed by atoms with van der Waals surface area (Å²) < 4.78 is 11.9. The van der Waals surface area contributed by atoms with Gasteiger partial charge < -0.3 is 30.1 Å². The SMILES string of the molecule is CC(C(=O)N[C@H]1CCO[C@H]2CC3(CCCC3)[C@@H](C(=O)NC3CCOc4ccccc43)N2C1=O)N(C)C(=O)O. The van der Waals surface area contributed by atoms with Crippen LogP contribution in [0.2, 0.25) is 0 Å². The minimum Gasteiger partial charge on any atom is -0.493 e. The summed E-state index contributed by atoms with van der Waals surface area (Å²) in [7, 11) is 1.31. The number of carbonyl (C=O) groups is 4. The third kappa shape index (κ3) is 4.68. The van der Waals surface area contributed by atoms with E-state index < -0.39 is 36.4 Å². The molecule has 11 heteroatoms. The Morgan fingerprint density at radius 1 is 1.11 bits per heavy atom. The molecular weight excluding hydrogens is 492 g/mol. The Balaban J connectivity index is 1.39. The summed E-state index contributed by atoms with van der Waals surface area (Å²) in [5.41, 5.74) is 0.542. The second-order valence-electron chi connectivity index (χ2n) is 10.9. The fraction of sp³-hybridized carbons (Fsp3) is 0.630. The first-order valence-corrected chi connectivity index (χ1v) is 13.4. The van der Waals surface area contributed by atoms with Crippen LogP contribution < -0.4 is 15.4 Å². The Hall–Kier alpha value is -3.34. The van der Waals surface area contributed by atoms with Crippen molar-refractivity contribution in [2.75, 3.05) is 20.3 Å². The smallest absolute Gasteiger partial charge is 0.407 e. The second-order valence-corrected chi connectivity index (χ2v) is 10.9. The largest absolute Gasteiger partial charge is 0.493 e. The highest BCUT2D eigenvalue weighted by molar-refractivity contribution is 5.95. The number of benzene rings is 1. The van der Waals surface area contributed by atoms with Gasteiger partial charge in [-0.3, -0.25) is 19.3 Å². The third-order valence-corrected chi connectivity index (χ3v) is 8.72. The molecule has 5 atom stereocenters. The van der Waals surface area contributed by atoms with Crippen molar-refractivity contribution in [3.05, 3.63) is 29.8 Å². The molecule has 206 valence electrons. The zero-order valence-corrected chi connectivity index (χ0v) is 21.9. The summed E-state index contributed by atoms with van der Waals surface area (Å²) >= 11 is 0. The molecule has 1 saturated carbocycles. The van der Waals surface area contributed by atoms with E-state index in [4.69, 9.17) is 9.47 Å². The number of nitrogens with one attached hydrogen (secondary N) is 2. The number of rotatable bonds is 5. The normalized spacial score (nSPS) is 28.5. The number of nitrogens with zero attached hydrogens (tertiary/aromatic N) is 2. The van der Waals surface area contributed by atoms with Crippen LogP contribution in [0.1, 0.15) is 63.5 Å². The Bertz CT molecular complexity index is 1100. The predicted molar refractivity (Wildman–Crippen MR) is 135 cm³/mol. The third-order valence-electron chi connectivity index (χ3n) is 8.72. The molecule has 3 fully saturated rings. The van der Waals surface area contributed by atoms with Crippen molar-refractivity contribution >= 4 is 23.8 Å². The quantitative estimate of drug-likeness (QED) is 0.532. The lowest BCUT2D eigenvalue weighted by atomic mass is 9.77. The number of ether oxygens (including phenoxy) is 2. The summed E-state index contributed by atoms with van der Waals surface area (Å²) in [6.07, 6.45) is 3.31. The summed E-state index contributed by atoms with van der Waals surface area (Å²) in [5.74, 6) is -0.385. The Kier molecular flexibility index (Phi) is 7.21. The molecule has 4 aliphatic rings. The Morgan fingerprint density at radius 2 is 1.82 bits per heavy atom. The molecule has 11 nitrogen and oxygen atoms in total. The van der Waals surface area contributed by atoms with Crippen molar-refractivity contribution in [2.45, 2.75) is 82.3 Å². The van der Waals surface area contributed by atoms with E-state index in [0.29, 0.717) is 19.4 Å². The summed E-state index contributed by atoms with van der Waals surface area (Å²) in [4.78, 5) is 54.6. The molecule has 1 aromatic rings. The second kappa shape index (κ2) is 10.4. The average molecular weight is 529 g/mol. The highest BCUT2D eigenvalue weighted by atomic mass is 16.5. The summed E-state index contributed by atoms with van der Waals surface area (Å²) in [6.45, 7) is 2.21. The lowest BCUT2D eigenvalue weighted by Crippen LogP contribution is -2.59. The lowest BCUT2D eigenvalue weighted by molar-refractivity contribution is -0.150. The van der Waals surface area contributed by atoms with E-state index in [0.717, 1.165) is 41.9 Å². The lowest BCUT2D eigenvalue weighted by Gasteiger charge is -2.37. The maximum atomic E-state index is 14.0. The van der Waals surface area contributed by atoms with E-state index in [1.165, 1.54) is 14.0 Å².